The third-order valence-corrected chi connectivity index (χ3v) is 2.75. The van der Waals surface area contributed by atoms with Crippen molar-refractivity contribution in [3.8, 4) is 6.07 Å². The van der Waals surface area contributed by atoms with Gasteiger partial charge in [0.25, 0.3) is 5.91 Å². The zero-order chi connectivity index (χ0) is 16.1. The van der Waals surface area contributed by atoms with Gasteiger partial charge in [0.1, 0.15) is 11.6 Å². The van der Waals surface area contributed by atoms with Crippen LogP contribution in [0.15, 0.2) is 39.9 Å². The molecular weight excluding hydrogens is 287 g/mol. The van der Waals surface area contributed by atoms with E-state index in [0.29, 0.717) is 11.6 Å². The summed E-state index contributed by atoms with van der Waals surface area (Å²) in [7, 11) is 3.66. The van der Waals surface area contributed by atoms with Crippen LogP contribution in [0, 0.1) is 17.1 Å². The van der Waals surface area contributed by atoms with Crippen molar-refractivity contribution >= 4 is 18.0 Å². The van der Waals surface area contributed by atoms with Gasteiger partial charge in [-0.3, -0.25) is 4.79 Å². The first kappa shape index (κ1) is 15.3. The number of hydrazone groups is 1. The second kappa shape index (κ2) is 6.54. The quantitative estimate of drug-likeness (QED) is 0.692. The van der Waals surface area contributed by atoms with Gasteiger partial charge in [-0.1, -0.05) is 0 Å². The first-order valence-corrected chi connectivity index (χ1v) is 6.31. The highest BCUT2D eigenvalue weighted by molar-refractivity contribution is 5.95. The minimum absolute atomic E-state index is 0.143. The van der Waals surface area contributed by atoms with Gasteiger partial charge in [0.05, 0.1) is 23.4 Å². The Balaban J connectivity index is 2.03. The maximum Gasteiger partial charge on any atom is 0.274 e. The fourth-order valence-corrected chi connectivity index (χ4v) is 1.64. The summed E-state index contributed by atoms with van der Waals surface area (Å²) in [5, 5.41) is 12.4. The lowest BCUT2D eigenvalue weighted by Gasteiger charge is -2.05. The molecule has 1 N–H and O–H groups in total. The van der Waals surface area contributed by atoms with Gasteiger partial charge in [-0.2, -0.15) is 10.4 Å². The summed E-state index contributed by atoms with van der Waals surface area (Å²) in [6.07, 6.45) is 1.31. The molecule has 0 aliphatic rings. The van der Waals surface area contributed by atoms with Crippen molar-refractivity contribution in [1.82, 2.24) is 5.43 Å². The largest absolute Gasteiger partial charge is 0.440 e. The van der Waals surface area contributed by atoms with E-state index in [0.717, 1.165) is 6.07 Å². The van der Waals surface area contributed by atoms with Crippen LogP contribution in [0.5, 0.6) is 0 Å². The van der Waals surface area contributed by atoms with Crippen molar-refractivity contribution < 1.29 is 13.6 Å². The Morgan fingerprint density at radius 1 is 1.41 bits per heavy atom. The lowest BCUT2D eigenvalue weighted by Crippen LogP contribution is -2.19. The monoisotopic (exact) mass is 300 g/mol. The topological polar surface area (TPSA) is 81.6 Å². The van der Waals surface area contributed by atoms with Crippen LogP contribution in [0.4, 0.5) is 10.3 Å². The number of carbonyl (C=O) groups excluding carboxylic acids is 1. The third kappa shape index (κ3) is 3.49. The summed E-state index contributed by atoms with van der Waals surface area (Å²) in [6, 6.07) is 8.82. The van der Waals surface area contributed by atoms with Gasteiger partial charge in [0, 0.05) is 20.2 Å². The van der Waals surface area contributed by atoms with E-state index >= 15 is 0 Å². The van der Waals surface area contributed by atoms with Crippen LogP contribution in [0.3, 0.4) is 0 Å². The van der Waals surface area contributed by atoms with Gasteiger partial charge in [0.2, 0.25) is 0 Å². The van der Waals surface area contributed by atoms with Gasteiger partial charge in [0.15, 0.2) is 5.88 Å². The summed E-state index contributed by atoms with van der Waals surface area (Å²) in [6.45, 7) is 0. The maximum absolute atomic E-state index is 13.6. The van der Waals surface area contributed by atoms with E-state index in [1.807, 2.05) is 14.1 Å². The second-order valence-corrected chi connectivity index (χ2v) is 4.58. The molecular formula is C15H13FN4O2. The summed E-state index contributed by atoms with van der Waals surface area (Å²) in [5.74, 6) is -0.396. The van der Waals surface area contributed by atoms with Crippen LogP contribution in [0.1, 0.15) is 21.7 Å². The Kier molecular flexibility index (Phi) is 4.53. The van der Waals surface area contributed by atoms with Crippen molar-refractivity contribution in [3.63, 3.8) is 0 Å². The van der Waals surface area contributed by atoms with Crippen molar-refractivity contribution in [2.45, 2.75) is 0 Å². The molecule has 6 nitrogen and oxygen atoms in total. The van der Waals surface area contributed by atoms with Crippen LogP contribution in [0.2, 0.25) is 0 Å². The van der Waals surface area contributed by atoms with Gasteiger partial charge >= 0.3 is 0 Å². The molecule has 22 heavy (non-hydrogen) atoms. The summed E-state index contributed by atoms with van der Waals surface area (Å²) >= 11 is 0. The number of nitrogens with zero attached hydrogens (tertiary/aromatic N) is 3. The Morgan fingerprint density at radius 3 is 2.77 bits per heavy atom. The molecule has 7 heteroatoms. The molecule has 1 heterocycles. The number of hydrogen-bond acceptors (Lipinski definition) is 5. The van der Waals surface area contributed by atoms with Gasteiger partial charge in [-0.25, -0.2) is 9.82 Å². The zero-order valence-electron chi connectivity index (χ0n) is 12.0. The van der Waals surface area contributed by atoms with Crippen molar-refractivity contribution in [1.29, 1.82) is 5.26 Å². The molecule has 0 fully saturated rings. The number of benzene rings is 1. The lowest BCUT2D eigenvalue weighted by molar-refractivity contribution is 0.0951. The molecule has 1 aromatic carbocycles. The lowest BCUT2D eigenvalue weighted by atomic mass is 10.1. The molecule has 2 aromatic rings. The predicted octanol–water partition coefficient (Wildman–Crippen LogP) is 2.12. The Labute approximate surface area is 126 Å². The highest BCUT2D eigenvalue weighted by Gasteiger charge is 2.11. The van der Waals surface area contributed by atoms with Crippen LogP contribution in [0.25, 0.3) is 0 Å². The number of nitrogens with one attached hydrogen (secondary N) is 1. The van der Waals surface area contributed by atoms with Gasteiger partial charge in [-0.05, 0) is 24.3 Å². The molecule has 0 bridgehead atoms. The number of hydrogen-bond donors (Lipinski definition) is 1. The van der Waals surface area contributed by atoms with Crippen molar-refractivity contribution in [2.24, 2.45) is 5.10 Å². The SMILES string of the molecule is CN(C)c1ccc(/C=N\NC(=O)c2ccc(C#N)cc2F)o1. The van der Waals surface area contributed by atoms with Crippen LogP contribution >= 0.6 is 0 Å². The summed E-state index contributed by atoms with van der Waals surface area (Å²) in [5.41, 5.74) is 2.15. The second-order valence-electron chi connectivity index (χ2n) is 4.58. The molecule has 0 aliphatic carbocycles. The molecule has 0 atom stereocenters. The van der Waals surface area contributed by atoms with E-state index in [4.69, 9.17) is 9.68 Å². The highest BCUT2D eigenvalue weighted by atomic mass is 19.1. The predicted molar refractivity (Wildman–Crippen MR) is 79.2 cm³/mol. The first-order valence-electron chi connectivity index (χ1n) is 6.31. The minimum atomic E-state index is -0.778. The van der Waals surface area contributed by atoms with E-state index in [-0.39, 0.29) is 11.1 Å². The Bertz CT molecular complexity index is 759. The van der Waals surface area contributed by atoms with Crippen molar-refractivity contribution in [3.05, 3.63) is 53.0 Å². The average molecular weight is 300 g/mol. The average Bonchev–Trinajstić information content (AvgIpc) is 2.96. The standard InChI is InChI=1S/C15H13FN4O2/c1-20(2)14-6-4-11(22-14)9-18-19-15(21)12-5-3-10(8-17)7-13(12)16/h3-7,9H,1-2H3,(H,19,21)/b18-9-. The van der Waals surface area contributed by atoms with E-state index in [1.54, 1.807) is 23.1 Å². The fraction of sp³-hybridized carbons (Fsp3) is 0.133. The number of nitriles is 1. The molecule has 0 saturated heterocycles. The molecule has 1 aromatic heterocycles. The van der Waals surface area contributed by atoms with Crippen LogP contribution in [-0.2, 0) is 0 Å². The van der Waals surface area contributed by atoms with Gasteiger partial charge < -0.3 is 9.32 Å². The zero-order valence-corrected chi connectivity index (χ0v) is 12.0. The highest BCUT2D eigenvalue weighted by Crippen LogP contribution is 2.14. The number of halogens is 1. The molecule has 0 unspecified atom stereocenters. The molecule has 2 rings (SSSR count). The van der Waals surface area contributed by atoms with Crippen LogP contribution < -0.4 is 10.3 Å². The number of carbonyl (C=O) groups is 1. The van der Waals surface area contributed by atoms with Crippen LogP contribution in [-0.4, -0.2) is 26.2 Å². The Morgan fingerprint density at radius 2 is 2.18 bits per heavy atom. The van der Waals surface area contributed by atoms with E-state index in [9.17, 15) is 9.18 Å². The summed E-state index contributed by atoms with van der Waals surface area (Å²) in [4.78, 5) is 13.6. The number of anilines is 1. The Hall–Kier alpha value is -3.14. The minimum Gasteiger partial charge on any atom is -0.440 e. The molecule has 0 saturated carbocycles. The number of furan rings is 1. The maximum atomic E-state index is 13.6. The first-order chi connectivity index (χ1) is 10.5. The molecule has 0 spiro atoms. The molecule has 0 aliphatic heterocycles. The smallest absolute Gasteiger partial charge is 0.274 e. The van der Waals surface area contributed by atoms with E-state index < -0.39 is 11.7 Å². The molecule has 0 radical (unpaired) electrons. The van der Waals surface area contributed by atoms with Gasteiger partial charge in [-0.15, -0.1) is 0 Å². The van der Waals surface area contributed by atoms with E-state index in [1.165, 1.54) is 18.3 Å². The third-order valence-electron chi connectivity index (χ3n) is 2.75. The van der Waals surface area contributed by atoms with E-state index in [2.05, 4.69) is 10.5 Å². The number of amides is 1. The summed E-state index contributed by atoms with van der Waals surface area (Å²) < 4.78 is 19.0. The fourth-order valence-electron chi connectivity index (χ4n) is 1.64. The number of rotatable bonds is 4. The van der Waals surface area contributed by atoms with Crippen molar-refractivity contribution in [2.75, 3.05) is 19.0 Å². The molecule has 112 valence electrons. The normalized spacial score (nSPS) is 10.5. The molecule has 1 amide bonds.